The summed E-state index contributed by atoms with van der Waals surface area (Å²) in [6, 6.07) is 6.22. The van der Waals surface area contributed by atoms with Crippen molar-refractivity contribution in [1.29, 1.82) is 0 Å². The van der Waals surface area contributed by atoms with Crippen LogP contribution in [-0.4, -0.2) is 21.3 Å². The number of aromatic nitrogens is 3. The molecule has 0 aliphatic carbocycles. The van der Waals surface area contributed by atoms with E-state index in [4.69, 9.17) is 0 Å². The molecule has 0 aliphatic rings. The molecule has 0 aliphatic heterocycles. The molecular formula is C13H14FN3O. The number of halogens is 1. The zero-order chi connectivity index (χ0) is 13.0. The van der Waals surface area contributed by atoms with E-state index in [1.807, 2.05) is 6.92 Å². The van der Waals surface area contributed by atoms with E-state index in [2.05, 4.69) is 10.3 Å². The molecule has 1 heterocycles. The van der Waals surface area contributed by atoms with Crippen molar-refractivity contribution in [3.05, 3.63) is 47.0 Å². The van der Waals surface area contributed by atoms with E-state index in [0.717, 1.165) is 24.2 Å². The van der Waals surface area contributed by atoms with Crippen molar-refractivity contribution in [2.45, 2.75) is 26.3 Å². The van der Waals surface area contributed by atoms with Gasteiger partial charge in [0.05, 0.1) is 5.69 Å². The third kappa shape index (κ3) is 2.61. The van der Waals surface area contributed by atoms with Crippen LogP contribution in [0.15, 0.2) is 24.3 Å². The van der Waals surface area contributed by atoms with Crippen LogP contribution in [0.25, 0.3) is 0 Å². The normalized spacial score (nSPS) is 10.6. The molecule has 0 bridgehead atoms. The van der Waals surface area contributed by atoms with Gasteiger partial charge in [-0.3, -0.25) is 4.79 Å². The lowest BCUT2D eigenvalue weighted by molar-refractivity contribution is 0.111. The molecule has 18 heavy (non-hydrogen) atoms. The Morgan fingerprint density at radius 3 is 2.67 bits per heavy atom. The molecule has 5 heteroatoms. The van der Waals surface area contributed by atoms with E-state index in [1.165, 1.54) is 12.1 Å². The van der Waals surface area contributed by atoms with Crippen LogP contribution in [0.3, 0.4) is 0 Å². The highest BCUT2D eigenvalue weighted by molar-refractivity contribution is 5.73. The fourth-order valence-corrected chi connectivity index (χ4v) is 1.81. The molecule has 2 aromatic rings. The smallest absolute Gasteiger partial charge is 0.172 e. The van der Waals surface area contributed by atoms with Crippen molar-refractivity contribution in [3.63, 3.8) is 0 Å². The highest BCUT2D eigenvalue weighted by Crippen LogP contribution is 2.12. The Labute approximate surface area is 104 Å². The van der Waals surface area contributed by atoms with Crippen LogP contribution in [0.5, 0.6) is 0 Å². The first-order valence-corrected chi connectivity index (χ1v) is 5.86. The van der Waals surface area contributed by atoms with Crippen molar-refractivity contribution in [2.24, 2.45) is 0 Å². The standard InChI is InChI=1S/C13H14FN3O/c1-2-7-17-13(12(9-18)15-16-17)8-10-3-5-11(14)6-4-10/h3-6,9H,2,7-8H2,1H3. The van der Waals surface area contributed by atoms with Gasteiger partial charge in [0.15, 0.2) is 6.29 Å². The van der Waals surface area contributed by atoms with Gasteiger partial charge in [-0.2, -0.15) is 0 Å². The molecule has 0 spiro atoms. The van der Waals surface area contributed by atoms with E-state index >= 15 is 0 Å². The van der Waals surface area contributed by atoms with Crippen molar-refractivity contribution in [1.82, 2.24) is 15.0 Å². The van der Waals surface area contributed by atoms with Crippen LogP contribution in [0.4, 0.5) is 4.39 Å². The van der Waals surface area contributed by atoms with Gasteiger partial charge >= 0.3 is 0 Å². The average Bonchev–Trinajstić information content (AvgIpc) is 2.75. The molecule has 0 fully saturated rings. The van der Waals surface area contributed by atoms with E-state index in [-0.39, 0.29) is 5.82 Å². The highest BCUT2D eigenvalue weighted by atomic mass is 19.1. The Balaban J connectivity index is 2.28. The Morgan fingerprint density at radius 2 is 2.06 bits per heavy atom. The molecule has 4 nitrogen and oxygen atoms in total. The first-order valence-electron chi connectivity index (χ1n) is 5.86. The Bertz CT molecular complexity index is 534. The molecule has 1 aromatic heterocycles. The number of carbonyl (C=O) groups excluding carboxylic acids is 1. The monoisotopic (exact) mass is 247 g/mol. The number of hydrogen-bond donors (Lipinski definition) is 0. The van der Waals surface area contributed by atoms with Gasteiger partial charge in [0, 0.05) is 13.0 Å². The van der Waals surface area contributed by atoms with Crippen molar-refractivity contribution < 1.29 is 9.18 Å². The van der Waals surface area contributed by atoms with Gasteiger partial charge in [-0.05, 0) is 24.1 Å². The number of aryl methyl sites for hydroxylation is 1. The van der Waals surface area contributed by atoms with Gasteiger partial charge < -0.3 is 0 Å². The zero-order valence-electron chi connectivity index (χ0n) is 10.1. The predicted molar refractivity (Wildman–Crippen MR) is 64.9 cm³/mol. The summed E-state index contributed by atoms with van der Waals surface area (Å²) >= 11 is 0. The first kappa shape index (κ1) is 12.4. The van der Waals surface area contributed by atoms with E-state index in [1.54, 1.807) is 16.8 Å². The maximum absolute atomic E-state index is 12.8. The van der Waals surface area contributed by atoms with Crippen LogP contribution in [0.2, 0.25) is 0 Å². The maximum atomic E-state index is 12.8. The molecule has 0 radical (unpaired) electrons. The second kappa shape index (κ2) is 5.53. The Hall–Kier alpha value is -2.04. The number of benzene rings is 1. The van der Waals surface area contributed by atoms with Gasteiger partial charge in [0.1, 0.15) is 11.5 Å². The quantitative estimate of drug-likeness (QED) is 0.761. The lowest BCUT2D eigenvalue weighted by Gasteiger charge is -2.05. The van der Waals surface area contributed by atoms with Crippen molar-refractivity contribution in [2.75, 3.05) is 0 Å². The topological polar surface area (TPSA) is 47.8 Å². The second-order valence-corrected chi connectivity index (χ2v) is 4.07. The predicted octanol–water partition coefficient (Wildman–Crippen LogP) is 2.23. The van der Waals surface area contributed by atoms with Crippen LogP contribution in [0.1, 0.15) is 35.1 Å². The number of rotatable bonds is 5. The van der Waals surface area contributed by atoms with Crippen molar-refractivity contribution >= 4 is 6.29 Å². The molecule has 2 rings (SSSR count). The van der Waals surface area contributed by atoms with Crippen LogP contribution < -0.4 is 0 Å². The Kier molecular flexibility index (Phi) is 3.82. The lowest BCUT2D eigenvalue weighted by Crippen LogP contribution is -2.06. The van der Waals surface area contributed by atoms with Gasteiger partial charge in [0.2, 0.25) is 0 Å². The summed E-state index contributed by atoms with van der Waals surface area (Å²) in [5, 5.41) is 7.79. The first-order chi connectivity index (χ1) is 8.74. The molecular weight excluding hydrogens is 233 g/mol. The molecule has 94 valence electrons. The third-order valence-electron chi connectivity index (χ3n) is 2.70. The molecule has 0 atom stereocenters. The largest absolute Gasteiger partial charge is 0.296 e. The molecule has 0 amide bonds. The number of nitrogens with zero attached hydrogens (tertiary/aromatic N) is 3. The van der Waals surface area contributed by atoms with Gasteiger partial charge in [-0.15, -0.1) is 5.10 Å². The third-order valence-corrected chi connectivity index (χ3v) is 2.70. The zero-order valence-corrected chi connectivity index (χ0v) is 10.1. The van der Waals surface area contributed by atoms with Crippen LogP contribution in [0, 0.1) is 5.82 Å². The molecule has 0 saturated carbocycles. The summed E-state index contributed by atoms with van der Waals surface area (Å²) in [5.41, 5.74) is 2.06. The van der Waals surface area contributed by atoms with Gasteiger partial charge in [-0.1, -0.05) is 24.3 Å². The van der Waals surface area contributed by atoms with Crippen LogP contribution in [-0.2, 0) is 13.0 Å². The minimum Gasteiger partial charge on any atom is -0.296 e. The summed E-state index contributed by atoms with van der Waals surface area (Å²) < 4.78 is 14.6. The molecule has 0 saturated heterocycles. The average molecular weight is 247 g/mol. The summed E-state index contributed by atoms with van der Waals surface area (Å²) in [6.45, 7) is 2.75. The molecule has 0 N–H and O–H groups in total. The fourth-order valence-electron chi connectivity index (χ4n) is 1.81. The molecule has 1 aromatic carbocycles. The SMILES string of the molecule is CCCn1nnc(C=O)c1Cc1ccc(F)cc1. The minimum atomic E-state index is -0.269. The van der Waals surface area contributed by atoms with E-state index in [9.17, 15) is 9.18 Å². The maximum Gasteiger partial charge on any atom is 0.172 e. The second-order valence-electron chi connectivity index (χ2n) is 4.07. The highest BCUT2D eigenvalue weighted by Gasteiger charge is 2.12. The summed E-state index contributed by atoms with van der Waals surface area (Å²) in [7, 11) is 0. The summed E-state index contributed by atoms with van der Waals surface area (Å²) in [6.07, 6.45) is 2.15. The fraction of sp³-hybridized carbons (Fsp3) is 0.308. The van der Waals surface area contributed by atoms with Gasteiger partial charge in [0.25, 0.3) is 0 Å². The number of hydrogen-bond acceptors (Lipinski definition) is 3. The van der Waals surface area contributed by atoms with E-state index < -0.39 is 0 Å². The van der Waals surface area contributed by atoms with Crippen LogP contribution >= 0.6 is 0 Å². The van der Waals surface area contributed by atoms with E-state index in [0.29, 0.717) is 18.4 Å². The number of aldehydes is 1. The van der Waals surface area contributed by atoms with Gasteiger partial charge in [-0.25, -0.2) is 9.07 Å². The van der Waals surface area contributed by atoms with Crippen molar-refractivity contribution in [3.8, 4) is 0 Å². The minimum absolute atomic E-state index is 0.269. The summed E-state index contributed by atoms with van der Waals surface area (Å²) in [4.78, 5) is 10.9. The molecule has 0 unspecified atom stereocenters. The summed E-state index contributed by atoms with van der Waals surface area (Å²) in [5.74, 6) is -0.269. The lowest BCUT2D eigenvalue weighted by atomic mass is 10.1. The number of carbonyl (C=O) groups is 1. The Morgan fingerprint density at radius 1 is 1.33 bits per heavy atom.